The first-order valence-electron chi connectivity index (χ1n) is 6.12. The Morgan fingerprint density at radius 1 is 1.50 bits per heavy atom. The van der Waals surface area contributed by atoms with Crippen LogP contribution < -0.4 is 11.1 Å². The topological polar surface area (TPSA) is 83.8 Å². The Bertz CT molecular complexity index is 574. The molecule has 0 atom stereocenters. The fraction of sp³-hybridized carbons (Fsp3) is 0.231. The summed E-state index contributed by atoms with van der Waals surface area (Å²) >= 11 is 7.45. The number of halogens is 1. The van der Waals surface area contributed by atoms with Crippen LogP contribution in [0.15, 0.2) is 35.7 Å². The van der Waals surface area contributed by atoms with Crippen LogP contribution in [0, 0.1) is 0 Å². The van der Waals surface area contributed by atoms with E-state index in [0.717, 1.165) is 17.3 Å². The molecule has 5 nitrogen and oxygen atoms in total. The van der Waals surface area contributed by atoms with Gasteiger partial charge in [0.15, 0.2) is 5.16 Å². The van der Waals surface area contributed by atoms with Crippen LogP contribution in [0.4, 0.5) is 11.4 Å². The lowest BCUT2D eigenvalue weighted by molar-refractivity contribution is -0.116. The molecule has 106 valence electrons. The van der Waals surface area contributed by atoms with Crippen LogP contribution in [0.1, 0.15) is 12.8 Å². The van der Waals surface area contributed by atoms with Gasteiger partial charge in [0.05, 0.1) is 11.4 Å². The van der Waals surface area contributed by atoms with E-state index in [1.165, 1.54) is 0 Å². The lowest BCUT2D eigenvalue weighted by Crippen LogP contribution is -2.12. The van der Waals surface area contributed by atoms with Gasteiger partial charge in [-0.25, -0.2) is 4.98 Å². The van der Waals surface area contributed by atoms with Crippen molar-refractivity contribution in [2.75, 3.05) is 16.8 Å². The maximum Gasteiger partial charge on any atom is 0.224 e. The largest absolute Gasteiger partial charge is 0.397 e. The first kappa shape index (κ1) is 14.7. The molecule has 0 bridgehead atoms. The van der Waals surface area contributed by atoms with Gasteiger partial charge in [0.25, 0.3) is 0 Å². The monoisotopic (exact) mass is 310 g/mol. The molecule has 0 unspecified atom stereocenters. The minimum Gasteiger partial charge on any atom is -0.397 e. The summed E-state index contributed by atoms with van der Waals surface area (Å²) in [4.78, 5) is 18.9. The average Bonchev–Trinajstić information content (AvgIpc) is 2.92. The number of nitrogens with one attached hydrogen (secondary N) is 2. The molecule has 0 aliphatic rings. The number of hydrogen-bond acceptors (Lipinski definition) is 4. The average molecular weight is 311 g/mol. The van der Waals surface area contributed by atoms with Gasteiger partial charge in [-0.2, -0.15) is 0 Å². The van der Waals surface area contributed by atoms with Crippen molar-refractivity contribution in [2.45, 2.75) is 18.0 Å². The predicted molar refractivity (Wildman–Crippen MR) is 83.0 cm³/mol. The van der Waals surface area contributed by atoms with Gasteiger partial charge >= 0.3 is 0 Å². The van der Waals surface area contributed by atoms with E-state index in [-0.39, 0.29) is 5.91 Å². The second-order valence-electron chi connectivity index (χ2n) is 4.13. The molecule has 4 N–H and O–H groups in total. The number of aromatic amines is 1. The van der Waals surface area contributed by atoms with Crippen LogP contribution in [0.3, 0.4) is 0 Å². The molecule has 0 aliphatic heterocycles. The summed E-state index contributed by atoms with van der Waals surface area (Å²) in [6, 6.07) is 5.00. The van der Waals surface area contributed by atoms with Crippen molar-refractivity contribution >= 4 is 40.6 Å². The van der Waals surface area contributed by atoms with Crippen molar-refractivity contribution in [1.82, 2.24) is 9.97 Å². The van der Waals surface area contributed by atoms with E-state index in [2.05, 4.69) is 15.3 Å². The second-order valence-corrected chi connectivity index (χ2v) is 5.65. The number of anilines is 2. The van der Waals surface area contributed by atoms with Crippen LogP contribution in [-0.4, -0.2) is 21.6 Å². The Hall–Kier alpha value is -1.66. The molecule has 1 aromatic carbocycles. The van der Waals surface area contributed by atoms with Gasteiger partial charge in [-0.05, 0) is 24.6 Å². The number of imidazole rings is 1. The van der Waals surface area contributed by atoms with Gasteiger partial charge < -0.3 is 16.0 Å². The quantitative estimate of drug-likeness (QED) is 0.435. The molecule has 2 aromatic rings. The lowest BCUT2D eigenvalue weighted by Gasteiger charge is -2.08. The van der Waals surface area contributed by atoms with E-state index >= 15 is 0 Å². The van der Waals surface area contributed by atoms with Gasteiger partial charge in [-0.15, -0.1) is 0 Å². The number of nitrogens with zero attached hydrogens (tertiary/aromatic N) is 1. The Morgan fingerprint density at radius 2 is 2.35 bits per heavy atom. The molecule has 0 fully saturated rings. The molecule has 7 heteroatoms. The van der Waals surface area contributed by atoms with Gasteiger partial charge in [0.2, 0.25) is 5.91 Å². The molecule has 20 heavy (non-hydrogen) atoms. The van der Waals surface area contributed by atoms with E-state index in [1.54, 1.807) is 42.4 Å². The maximum atomic E-state index is 11.8. The zero-order valence-electron chi connectivity index (χ0n) is 10.7. The Balaban J connectivity index is 1.73. The lowest BCUT2D eigenvalue weighted by atomic mass is 10.2. The zero-order chi connectivity index (χ0) is 14.4. The minimum atomic E-state index is -0.0704. The molecule has 2 rings (SSSR count). The summed E-state index contributed by atoms with van der Waals surface area (Å²) in [6.07, 6.45) is 4.67. The van der Waals surface area contributed by atoms with Crippen LogP contribution in [0.2, 0.25) is 5.02 Å². The van der Waals surface area contributed by atoms with E-state index < -0.39 is 0 Å². The highest BCUT2D eigenvalue weighted by Crippen LogP contribution is 2.23. The molecular formula is C13H15ClN4OS. The van der Waals surface area contributed by atoms with Crippen molar-refractivity contribution in [1.29, 1.82) is 0 Å². The molecule has 1 amide bonds. The predicted octanol–water partition coefficient (Wildman–Crippen LogP) is 3.16. The third kappa shape index (κ3) is 4.47. The van der Waals surface area contributed by atoms with Crippen molar-refractivity contribution in [2.24, 2.45) is 0 Å². The first-order valence-corrected chi connectivity index (χ1v) is 7.48. The second kappa shape index (κ2) is 7.21. The Morgan fingerprint density at radius 3 is 3.10 bits per heavy atom. The van der Waals surface area contributed by atoms with E-state index in [1.807, 2.05) is 0 Å². The first-order chi connectivity index (χ1) is 9.65. The van der Waals surface area contributed by atoms with Crippen molar-refractivity contribution < 1.29 is 4.79 Å². The maximum absolute atomic E-state index is 11.8. The summed E-state index contributed by atoms with van der Waals surface area (Å²) < 4.78 is 0. The number of carbonyl (C=O) groups is 1. The molecule has 0 saturated carbocycles. The summed E-state index contributed by atoms with van der Waals surface area (Å²) in [5.74, 6) is 0.755. The highest BCUT2D eigenvalue weighted by Gasteiger charge is 2.06. The van der Waals surface area contributed by atoms with Crippen LogP contribution in [0.25, 0.3) is 0 Å². The van der Waals surface area contributed by atoms with Crippen molar-refractivity contribution in [3.8, 4) is 0 Å². The van der Waals surface area contributed by atoms with E-state index in [9.17, 15) is 4.79 Å². The molecule has 0 saturated heterocycles. The Labute approximate surface area is 126 Å². The number of nitrogens with two attached hydrogens (primary N) is 1. The highest BCUT2D eigenvalue weighted by atomic mass is 35.5. The number of H-pyrrole nitrogens is 1. The normalized spacial score (nSPS) is 10.4. The van der Waals surface area contributed by atoms with Gasteiger partial charge in [0, 0.05) is 29.6 Å². The third-order valence-corrected chi connectivity index (χ3v) is 3.77. The molecular weight excluding hydrogens is 296 g/mol. The summed E-state index contributed by atoms with van der Waals surface area (Å²) in [5.41, 5.74) is 6.83. The van der Waals surface area contributed by atoms with Gasteiger partial charge in [-0.1, -0.05) is 23.4 Å². The summed E-state index contributed by atoms with van der Waals surface area (Å²) in [7, 11) is 0. The standard InChI is InChI=1S/C13H15ClN4OS/c14-9-3-4-10(15)11(8-9)18-12(19)2-1-7-20-13-16-5-6-17-13/h3-6,8H,1-2,7,15H2,(H,16,17)(H,18,19). The fourth-order valence-corrected chi connectivity index (χ4v) is 2.52. The number of amides is 1. The number of hydrogen-bond donors (Lipinski definition) is 3. The Kier molecular flexibility index (Phi) is 5.31. The van der Waals surface area contributed by atoms with Gasteiger partial charge in [0.1, 0.15) is 0 Å². The smallest absolute Gasteiger partial charge is 0.224 e. The number of benzene rings is 1. The van der Waals surface area contributed by atoms with Crippen LogP contribution in [-0.2, 0) is 4.79 Å². The molecule has 0 spiro atoms. The number of aromatic nitrogens is 2. The molecule has 1 aromatic heterocycles. The molecule has 1 heterocycles. The zero-order valence-corrected chi connectivity index (χ0v) is 12.3. The molecule has 0 aliphatic carbocycles. The van der Waals surface area contributed by atoms with Gasteiger partial charge in [-0.3, -0.25) is 4.79 Å². The number of rotatable bonds is 6. The van der Waals surface area contributed by atoms with Crippen LogP contribution in [0.5, 0.6) is 0 Å². The summed E-state index contributed by atoms with van der Waals surface area (Å²) in [6.45, 7) is 0. The van der Waals surface area contributed by atoms with Crippen molar-refractivity contribution in [3.63, 3.8) is 0 Å². The minimum absolute atomic E-state index is 0.0704. The highest BCUT2D eigenvalue weighted by molar-refractivity contribution is 7.99. The van der Waals surface area contributed by atoms with E-state index in [0.29, 0.717) is 22.8 Å². The summed E-state index contributed by atoms with van der Waals surface area (Å²) in [5, 5.41) is 4.17. The number of thioether (sulfide) groups is 1. The fourth-order valence-electron chi connectivity index (χ4n) is 1.58. The SMILES string of the molecule is Nc1ccc(Cl)cc1NC(=O)CCCSc1ncc[nH]1. The van der Waals surface area contributed by atoms with Crippen LogP contribution >= 0.6 is 23.4 Å². The van der Waals surface area contributed by atoms with Crippen molar-refractivity contribution in [3.05, 3.63) is 35.6 Å². The number of nitrogen functional groups attached to an aromatic ring is 1. The molecule has 0 radical (unpaired) electrons. The number of carbonyl (C=O) groups excluding carboxylic acids is 1. The third-order valence-electron chi connectivity index (χ3n) is 2.55. The van der Waals surface area contributed by atoms with E-state index in [4.69, 9.17) is 17.3 Å².